The van der Waals surface area contributed by atoms with Gasteiger partial charge in [-0.05, 0) is 43.2 Å². The van der Waals surface area contributed by atoms with Gasteiger partial charge in [0.15, 0.2) is 9.84 Å². The molecule has 0 radical (unpaired) electrons. The van der Waals surface area contributed by atoms with Crippen molar-refractivity contribution in [2.24, 2.45) is 0 Å². The molecule has 0 unspecified atom stereocenters. The Hall–Kier alpha value is -5.04. The number of sulfone groups is 1. The van der Waals surface area contributed by atoms with E-state index >= 15 is 0 Å². The Kier molecular flexibility index (Phi) is 13.0. The normalized spacial score (nSPS) is 13.7. The zero-order chi connectivity index (χ0) is 35.5. The Bertz CT molecular complexity index is 1860. The van der Waals surface area contributed by atoms with Crippen LogP contribution in [0.15, 0.2) is 72.8 Å². The average molecular weight is 684 g/mol. The fourth-order valence-electron chi connectivity index (χ4n) is 4.86. The van der Waals surface area contributed by atoms with E-state index in [0.717, 1.165) is 34.4 Å². The Morgan fingerprint density at radius 3 is 2.19 bits per heavy atom. The van der Waals surface area contributed by atoms with Crippen LogP contribution in [-0.2, 0) is 31.4 Å². The van der Waals surface area contributed by atoms with Crippen molar-refractivity contribution in [3.8, 4) is 5.69 Å². The van der Waals surface area contributed by atoms with Crippen LogP contribution in [0.4, 0.5) is 21.1 Å². The molecular weight excluding hydrogens is 634 g/mol. The second-order valence-corrected chi connectivity index (χ2v) is 14.7. The van der Waals surface area contributed by atoms with Gasteiger partial charge in [0.1, 0.15) is 5.82 Å². The molecule has 5 rings (SSSR count). The fourth-order valence-corrected chi connectivity index (χ4v) is 6.06. The summed E-state index contributed by atoms with van der Waals surface area (Å²) in [7, 11) is 2.74. The highest BCUT2D eigenvalue weighted by molar-refractivity contribution is 7.91. The molecule has 3 aromatic carbocycles. The zero-order valence-corrected chi connectivity index (χ0v) is 28.9. The molecule has 4 amide bonds. The zero-order valence-electron chi connectivity index (χ0n) is 28.1. The van der Waals surface area contributed by atoms with Crippen LogP contribution < -0.4 is 16.0 Å². The number of amides is 4. The molecule has 1 fully saturated rings. The van der Waals surface area contributed by atoms with E-state index in [1.807, 2.05) is 79.4 Å². The number of fused-ring (bicyclic) bond motifs is 1. The number of benzene rings is 3. The first-order valence-electron chi connectivity index (χ1n) is 15.2. The van der Waals surface area contributed by atoms with Gasteiger partial charge in [-0.15, -0.1) is 0 Å². The van der Waals surface area contributed by atoms with Gasteiger partial charge < -0.3 is 20.4 Å². The summed E-state index contributed by atoms with van der Waals surface area (Å²) in [5.74, 6) is 0.792. The number of nitrogens with one attached hydrogen (secondary N) is 3. The van der Waals surface area contributed by atoms with Crippen molar-refractivity contribution >= 4 is 50.3 Å². The molecular formula is C34H49N7O6S. The molecule has 1 aromatic heterocycles. The minimum absolute atomic E-state index is 0. The van der Waals surface area contributed by atoms with E-state index in [-0.39, 0.29) is 39.4 Å². The van der Waals surface area contributed by atoms with Crippen molar-refractivity contribution in [1.82, 2.24) is 24.9 Å². The van der Waals surface area contributed by atoms with E-state index < -0.39 is 9.84 Å². The molecule has 0 aliphatic carbocycles. The lowest BCUT2D eigenvalue weighted by atomic mass is 9.92. The first-order valence-corrected chi connectivity index (χ1v) is 17.1. The summed E-state index contributed by atoms with van der Waals surface area (Å²) in [6.07, 6.45) is 0.250. The maximum Gasteiger partial charge on any atom is 0.373 e. The Balaban J connectivity index is 0.00000117. The van der Waals surface area contributed by atoms with Crippen LogP contribution in [0.1, 0.15) is 36.3 Å². The maximum atomic E-state index is 13.0. The van der Waals surface area contributed by atoms with Gasteiger partial charge in [0.2, 0.25) is 0 Å². The fraction of sp³-hybridized carbons (Fsp3) is 0.353. The topological polar surface area (TPSA) is 163 Å². The monoisotopic (exact) mass is 683 g/mol. The lowest BCUT2D eigenvalue weighted by molar-refractivity contribution is -0.191. The molecule has 1 saturated heterocycles. The van der Waals surface area contributed by atoms with Crippen molar-refractivity contribution in [3.63, 3.8) is 0 Å². The number of carbonyl (C=O) groups excluding carboxylic acids is 4. The van der Waals surface area contributed by atoms with E-state index in [4.69, 9.17) is 14.7 Å². The number of nitrogens with zero attached hydrogens (tertiary/aromatic N) is 4. The first-order chi connectivity index (χ1) is 22.7. The molecule has 48 heavy (non-hydrogen) atoms. The van der Waals surface area contributed by atoms with Gasteiger partial charge in [-0.2, -0.15) is 14.7 Å². The molecule has 0 atom stereocenters. The summed E-state index contributed by atoms with van der Waals surface area (Å²) < 4.78 is 23.7. The van der Waals surface area contributed by atoms with Crippen LogP contribution in [0.2, 0.25) is 0 Å². The van der Waals surface area contributed by atoms with Crippen LogP contribution in [0.25, 0.3) is 16.5 Å². The van der Waals surface area contributed by atoms with Crippen LogP contribution in [0.3, 0.4) is 0 Å². The van der Waals surface area contributed by atoms with Gasteiger partial charge in [0.25, 0.3) is 0 Å². The summed E-state index contributed by atoms with van der Waals surface area (Å²) in [5.41, 5.74) is 3.60. The molecule has 0 saturated carbocycles. The Morgan fingerprint density at radius 2 is 1.56 bits per heavy atom. The molecule has 13 nitrogen and oxygen atoms in total. The van der Waals surface area contributed by atoms with Crippen LogP contribution in [0.5, 0.6) is 0 Å². The van der Waals surface area contributed by atoms with E-state index in [1.165, 1.54) is 17.5 Å². The quantitative estimate of drug-likeness (QED) is 0.257. The second kappa shape index (κ2) is 16.7. The minimum Gasteiger partial charge on any atom is -0.341 e. The molecule has 3 N–H and O–H groups in total. The standard InChI is InChI=1S/C27H31N5O.C6H12N2O3S.CO2.3H2/c1-27(2,3)24-17-25(32(30-24)21-13-8-10-19(16-21)18-31(4)5)29-26(33)28-23-15-9-12-20-11-6-7-14-22(20)23;1-7-6(9)8-2-4-12(10,11)5-3-8;2-1-3;;;/h6-17H,18H2,1-5H3,(H2,28,29,33);2-5H2,1H3,(H,7,9);;3*1H. The van der Waals surface area contributed by atoms with E-state index in [9.17, 15) is 18.0 Å². The van der Waals surface area contributed by atoms with Gasteiger partial charge >= 0.3 is 18.2 Å². The third-order valence-electron chi connectivity index (χ3n) is 7.26. The van der Waals surface area contributed by atoms with Gasteiger partial charge in [-0.3, -0.25) is 5.32 Å². The third kappa shape index (κ3) is 10.8. The van der Waals surface area contributed by atoms with Crippen LogP contribution in [-0.4, -0.2) is 92.0 Å². The molecule has 0 bridgehead atoms. The number of anilines is 2. The lowest BCUT2D eigenvalue weighted by Crippen LogP contribution is -2.47. The van der Waals surface area contributed by atoms with E-state index in [1.54, 1.807) is 0 Å². The van der Waals surface area contributed by atoms with Crippen LogP contribution in [0, 0.1) is 0 Å². The summed E-state index contributed by atoms with van der Waals surface area (Å²) in [5, 5.41) is 15.4. The highest BCUT2D eigenvalue weighted by Crippen LogP contribution is 2.28. The van der Waals surface area contributed by atoms with Crippen molar-refractivity contribution < 1.29 is 31.9 Å². The van der Waals surface area contributed by atoms with E-state index in [0.29, 0.717) is 18.9 Å². The first kappa shape index (κ1) is 37.4. The largest absolute Gasteiger partial charge is 0.373 e. The van der Waals surface area contributed by atoms with Crippen molar-refractivity contribution in [3.05, 3.63) is 84.1 Å². The van der Waals surface area contributed by atoms with E-state index in [2.05, 4.69) is 53.8 Å². The third-order valence-corrected chi connectivity index (χ3v) is 8.87. The summed E-state index contributed by atoms with van der Waals surface area (Å²) >= 11 is 0. The van der Waals surface area contributed by atoms with Crippen molar-refractivity contribution in [2.45, 2.75) is 32.7 Å². The van der Waals surface area contributed by atoms with Gasteiger partial charge in [-0.1, -0.05) is 69.3 Å². The maximum absolute atomic E-state index is 13.0. The highest BCUT2D eigenvalue weighted by atomic mass is 32.2. The molecule has 14 heteroatoms. The van der Waals surface area contributed by atoms with Gasteiger partial charge in [0, 0.05) is 47.8 Å². The number of urea groups is 2. The van der Waals surface area contributed by atoms with Crippen LogP contribution >= 0.6 is 0 Å². The lowest BCUT2D eigenvalue weighted by Gasteiger charge is -2.25. The van der Waals surface area contributed by atoms with Crippen molar-refractivity contribution in [1.29, 1.82) is 0 Å². The molecule has 0 spiro atoms. The number of hydrogen-bond donors (Lipinski definition) is 3. The number of aromatic nitrogens is 2. The predicted molar refractivity (Wildman–Crippen MR) is 192 cm³/mol. The highest BCUT2D eigenvalue weighted by Gasteiger charge is 2.24. The smallest absolute Gasteiger partial charge is 0.341 e. The van der Waals surface area contributed by atoms with Gasteiger partial charge in [0.05, 0.1) is 28.6 Å². The number of rotatable bonds is 5. The number of hydrogen-bond acceptors (Lipinski definition) is 8. The summed E-state index contributed by atoms with van der Waals surface area (Å²) in [4.78, 5) is 43.9. The molecule has 4 aromatic rings. The Morgan fingerprint density at radius 1 is 0.938 bits per heavy atom. The average Bonchev–Trinajstić information content (AvgIpc) is 3.46. The summed E-state index contributed by atoms with van der Waals surface area (Å²) in [6, 6.07) is 23.5. The summed E-state index contributed by atoms with van der Waals surface area (Å²) in [6.45, 7) is 7.78. The predicted octanol–water partition coefficient (Wildman–Crippen LogP) is 5.24. The van der Waals surface area contributed by atoms with Gasteiger partial charge in [-0.25, -0.2) is 22.7 Å². The Labute approximate surface area is 285 Å². The molecule has 1 aliphatic heterocycles. The number of carbonyl (C=O) groups is 2. The SMILES string of the molecule is CN(C)Cc1cccc(-n2nc(C(C)(C)C)cc2NC(=O)Nc2cccc3ccccc23)c1.CNC(=O)N1CCS(=O)(=O)CC1.O=C=O.[HH].[HH].[HH]. The molecule has 2 heterocycles. The second-order valence-electron chi connectivity index (χ2n) is 12.4. The van der Waals surface area contributed by atoms with Crippen molar-refractivity contribution in [2.75, 3.05) is 56.4 Å². The molecule has 262 valence electrons. The minimum atomic E-state index is -2.88. The molecule has 1 aliphatic rings.